The summed E-state index contributed by atoms with van der Waals surface area (Å²) in [6, 6.07) is 4.83. The van der Waals surface area contributed by atoms with Crippen LogP contribution < -0.4 is 10.5 Å². The van der Waals surface area contributed by atoms with Gasteiger partial charge < -0.3 is 10.3 Å². The summed E-state index contributed by atoms with van der Waals surface area (Å²) in [6.45, 7) is 2.05. The van der Waals surface area contributed by atoms with Crippen LogP contribution in [-0.2, 0) is 16.4 Å². The third kappa shape index (κ3) is 2.68. The molecule has 6 nitrogen and oxygen atoms in total. The van der Waals surface area contributed by atoms with Gasteiger partial charge in [-0.05, 0) is 31.7 Å². The van der Waals surface area contributed by atoms with Crippen molar-refractivity contribution in [2.75, 3.05) is 12.8 Å². The van der Waals surface area contributed by atoms with Crippen molar-refractivity contribution in [1.82, 2.24) is 14.3 Å². The predicted octanol–water partition coefficient (Wildman–Crippen LogP) is 1.32. The van der Waals surface area contributed by atoms with Crippen LogP contribution in [0.2, 0.25) is 0 Å². The molecule has 0 aliphatic rings. The van der Waals surface area contributed by atoms with Crippen molar-refractivity contribution in [3.05, 3.63) is 36.4 Å². The first-order chi connectivity index (χ1) is 9.49. The molecule has 108 valence electrons. The Kier molecular flexibility index (Phi) is 4.10. The van der Waals surface area contributed by atoms with Crippen LogP contribution in [0.4, 0.5) is 5.69 Å². The topological polar surface area (TPSA) is 90.0 Å². The summed E-state index contributed by atoms with van der Waals surface area (Å²) in [5.74, 6) is 0.824. The second-order valence-corrected chi connectivity index (χ2v) is 6.25. The molecule has 2 rings (SSSR count). The van der Waals surface area contributed by atoms with Gasteiger partial charge in [-0.25, -0.2) is 18.1 Å². The second kappa shape index (κ2) is 5.64. The van der Waals surface area contributed by atoms with Gasteiger partial charge >= 0.3 is 0 Å². The van der Waals surface area contributed by atoms with E-state index in [2.05, 4.69) is 9.71 Å². The normalized spacial score (nSPS) is 11.7. The molecule has 1 aromatic carbocycles. The van der Waals surface area contributed by atoms with Crippen molar-refractivity contribution in [2.45, 2.75) is 24.7 Å². The Labute approximate surface area is 118 Å². The van der Waals surface area contributed by atoms with Crippen LogP contribution in [0.25, 0.3) is 5.69 Å². The van der Waals surface area contributed by atoms with Gasteiger partial charge in [0.2, 0.25) is 10.0 Å². The zero-order valence-corrected chi connectivity index (χ0v) is 12.3. The number of aromatic nitrogens is 2. The third-order valence-electron chi connectivity index (χ3n) is 2.99. The van der Waals surface area contributed by atoms with Crippen molar-refractivity contribution in [1.29, 1.82) is 0 Å². The fourth-order valence-electron chi connectivity index (χ4n) is 2.02. The molecule has 0 bridgehead atoms. The Bertz CT molecular complexity index is 707. The van der Waals surface area contributed by atoms with Crippen molar-refractivity contribution in [3.8, 4) is 5.69 Å². The van der Waals surface area contributed by atoms with Gasteiger partial charge in [0.1, 0.15) is 10.7 Å². The van der Waals surface area contributed by atoms with Gasteiger partial charge in [-0.1, -0.05) is 6.92 Å². The number of sulfonamides is 1. The molecule has 1 aromatic heterocycles. The smallest absolute Gasteiger partial charge is 0.242 e. The summed E-state index contributed by atoms with van der Waals surface area (Å²) in [5.41, 5.74) is 6.66. The molecule has 7 heteroatoms. The number of imidazole rings is 1. The van der Waals surface area contributed by atoms with Gasteiger partial charge in [-0.2, -0.15) is 0 Å². The summed E-state index contributed by atoms with van der Waals surface area (Å²) in [4.78, 5) is 4.42. The summed E-state index contributed by atoms with van der Waals surface area (Å²) in [7, 11) is -2.21. The molecule has 0 saturated heterocycles. The number of nitrogen functional groups attached to an aromatic ring is 1. The largest absolute Gasteiger partial charge is 0.399 e. The summed E-state index contributed by atoms with van der Waals surface area (Å²) in [6.07, 6.45) is 5.12. The summed E-state index contributed by atoms with van der Waals surface area (Å²) in [5, 5.41) is 0. The maximum absolute atomic E-state index is 12.1. The number of benzene rings is 1. The molecule has 0 spiro atoms. The molecule has 0 aliphatic carbocycles. The lowest BCUT2D eigenvalue weighted by atomic mass is 10.2. The molecule has 3 N–H and O–H groups in total. The van der Waals surface area contributed by atoms with E-state index in [4.69, 9.17) is 5.73 Å². The zero-order valence-electron chi connectivity index (χ0n) is 11.5. The van der Waals surface area contributed by atoms with Crippen molar-refractivity contribution in [3.63, 3.8) is 0 Å². The lowest BCUT2D eigenvalue weighted by molar-refractivity contribution is 0.587. The molecule has 0 unspecified atom stereocenters. The monoisotopic (exact) mass is 294 g/mol. The highest BCUT2D eigenvalue weighted by Crippen LogP contribution is 2.24. The van der Waals surface area contributed by atoms with Gasteiger partial charge in [0.25, 0.3) is 0 Å². The predicted molar refractivity (Wildman–Crippen MR) is 78.2 cm³/mol. The highest BCUT2D eigenvalue weighted by molar-refractivity contribution is 7.89. The minimum absolute atomic E-state index is 0.148. The Morgan fingerprint density at radius 2 is 2.15 bits per heavy atom. The van der Waals surface area contributed by atoms with E-state index in [1.807, 2.05) is 6.92 Å². The minimum atomic E-state index is -3.59. The first kappa shape index (κ1) is 14.5. The lowest BCUT2D eigenvalue weighted by Gasteiger charge is -2.13. The Hall–Kier alpha value is -1.86. The zero-order chi connectivity index (χ0) is 14.8. The first-order valence-corrected chi connectivity index (χ1v) is 7.83. The number of hydrogen-bond acceptors (Lipinski definition) is 4. The van der Waals surface area contributed by atoms with Gasteiger partial charge in [-0.15, -0.1) is 0 Å². The standard InChI is InChI=1S/C13H18N4O2S/c1-3-4-13-16-7-8-17(13)11-6-5-10(14)9-12(11)20(18,19)15-2/h5-9,15H,3-4,14H2,1-2H3. The molecule has 0 fully saturated rings. The molecule has 1 heterocycles. The fraction of sp³-hybridized carbons (Fsp3) is 0.308. The molecular formula is C13H18N4O2S. The van der Waals surface area contributed by atoms with E-state index in [1.165, 1.54) is 13.1 Å². The van der Waals surface area contributed by atoms with E-state index in [0.717, 1.165) is 18.7 Å². The van der Waals surface area contributed by atoms with Crippen LogP contribution in [0.5, 0.6) is 0 Å². The number of nitrogens with zero attached hydrogens (tertiary/aromatic N) is 2. The average molecular weight is 294 g/mol. The Balaban J connectivity index is 2.65. The number of anilines is 1. The highest BCUT2D eigenvalue weighted by atomic mass is 32.2. The van der Waals surface area contributed by atoms with E-state index in [1.54, 1.807) is 29.1 Å². The van der Waals surface area contributed by atoms with Gasteiger partial charge in [0.15, 0.2) is 0 Å². The van der Waals surface area contributed by atoms with Crippen molar-refractivity contribution < 1.29 is 8.42 Å². The average Bonchev–Trinajstić information content (AvgIpc) is 2.87. The van der Waals surface area contributed by atoms with Crippen LogP contribution in [0.15, 0.2) is 35.5 Å². The molecule has 0 radical (unpaired) electrons. The maximum Gasteiger partial charge on any atom is 0.242 e. The van der Waals surface area contributed by atoms with E-state index in [0.29, 0.717) is 11.4 Å². The third-order valence-corrected chi connectivity index (χ3v) is 4.44. The second-order valence-electron chi connectivity index (χ2n) is 4.40. The number of nitrogens with two attached hydrogens (primary N) is 1. The maximum atomic E-state index is 12.1. The van der Waals surface area contributed by atoms with Gasteiger partial charge in [0, 0.05) is 24.5 Å². The molecule has 0 atom stereocenters. The van der Waals surface area contributed by atoms with Crippen molar-refractivity contribution in [2.24, 2.45) is 0 Å². The van der Waals surface area contributed by atoms with E-state index in [9.17, 15) is 8.42 Å². The van der Waals surface area contributed by atoms with Crippen LogP contribution in [0, 0.1) is 0 Å². The van der Waals surface area contributed by atoms with Crippen LogP contribution in [0.1, 0.15) is 19.2 Å². The van der Waals surface area contributed by atoms with Crippen LogP contribution >= 0.6 is 0 Å². The SMILES string of the molecule is CCCc1nccn1-c1ccc(N)cc1S(=O)(=O)NC. The quantitative estimate of drug-likeness (QED) is 0.814. The lowest BCUT2D eigenvalue weighted by Crippen LogP contribution is -2.21. The molecule has 20 heavy (non-hydrogen) atoms. The Morgan fingerprint density at radius 1 is 1.40 bits per heavy atom. The number of rotatable bonds is 5. The van der Waals surface area contributed by atoms with Crippen LogP contribution in [-0.4, -0.2) is 25.0 Å². The Morgan fingerprint density at radius 3 is 2.80 bits per heavy atom. The highest BCUT2D eigenvalue weighted by Gasteiger charge is 2.19. The number of aryl methyl sites for hydroxylation is 1. The summed E-state index contributed by atoms with van der Waals surface area (Å²) < 4.78 is 28.4. The molecular weight excluding hydrogens is 276 g/mol. The van der Waals surface area contributed by atoms with Crippen LogP contribution in [0.3, 0.4) is 0 Å². The first-order valence-electron chi connectivity index (χ1n) is 6.35. The number of nitrogens with one attached hydrogen (secondary N) is 1. The minimum Gasteiger partial charge on any atom is -0.399 e. The van der Waals surface area contributed by atoms with Gasteiger partial charge in [-0.3, -0.25) is 0 Å². The van der Waals surface area contributed by atoms with E-state index >= 15 is 0 Å². The fourth-order valence-corrected chi connectivity index (χ4v) is 2.97. The molecule has 0 aliphatic heterocycles. The summed E-state index contributed by atoms with van der Waals surface area (Å²) >= 11 is 0. The molecule has 0 amide bonds. The van der Waals surface area contributed by atoms with E-state index < -0.39 is 10.0 Å². The molecule has 2 aromatic rings. The molecule has 0 saturated carbocycles. The number of hydrogen-bond donors (Lipinski definition) is 2. The van der Waals surface area contributed by atoms with Gasteiger partial charge in [0.05, 0.1) is 5.69 Å². The van der Waals surface area contributed by atoms with E-state index in [-0.39, 0.29) is 4.90 Å². The van der Waals surface area contributed by atoms with Crippen molar-refractivity contribution >= 4 is 15.7 Å².